The minimum absolute atomic E-state index is 0.0165. The zero-order valence-corrected chi connectivity index (χ0v) is 7.20. The Kier molecular flexibility index (Phi) is 2.89. The lowest BCUT2D eigenvalue weighted by atomic mass is 9.94. The molecule has 0 aliphatic carbocycles. The number of nitrogens with zero attached hydrogens (tertiary/aromatic N) is 4. The van der Waals surface area contributed by atoms with Crippen LogP contribution in [0.25, 0.3) is 10.4 Å². The Morgan fingerprint density at radius 3 is 2.67 bits per heavy atom. The lowest BCUT2D eigenvalue weighted by Crippen LogP contribution is -2.41. The van der Waals surface area contributed by atoms with Gasteiger partial charge in [-0.25, -0.2) is 4.39 Å². The van der Waals surface area contributed by atoms with Crippen molar-refractivity contribution >= 4 is 0 Å². The first-order chi connectivity index (χ1) is 5.66. The van der Waals surface area contributed by atoms with Gasteiger partial charge in [0, 0.05) is 18.0 Å². The fourth-order valence-corrected chi connectivity index (χ4v) is 1.34. The van der Waals surface area contributed by atoms with Gasteiger partial charge in [-0.1, -0.05) is 5.11 Å². The second-order valence-electron chi connectivity index (χ2n) is 3.34. The zero-order chi connectivity index (χ0) is 9.03. The van der Waals surface area contributed by atoms with Crippen molar-refractivity contribution in [2.75, 3.05) is 26.7 Å². The Balaban J connectivity index is 2.44. The number of alkyl halides is 1. The predicted octanol–water partition coefficient (Wildman–Crippen LogP) is 1.73. The van der Waals surface area contributed by atoms with Crippen LogP contribution in [0.15, 0.2) is 5.11 Å². The molecule has 0 spiro atoms. The van der Waals surface area contributed by atoms with E-state index in [2.05, 4.69) is 14.9 Å². The molecule has 0 aromatic rings. The van der Waals surface area contributed by atoms with Crippen molar-refractivity contribution in [1.29, 1.82) is 0 Å². The number of hydrogen-bond donors (Lipinski definition) is 0. The van der Waals surface area contributed by atoms with Crippen molar-refractivity contribution in [3.05, 3.63) is 10.4 Å². The summed E-state index contributed by atoms with van der Waals surface area (Å²) in [5.41, 5.74) is 6.79. The van der Waals surface area contributed by atoms with Gasteiger partial charge in [-0.05, 0) is 25.4 Å². The first kappa shape index (κ1) is 9.29. The van der Waals surface area contributed by atoms with E-state index in [1.807, 2.05) is 7.05 Å². The standard InChI is InChI=1S/C7H13FN4/c1-12-4-2-7(8,3-5-12)6-10-11-9/h2-6H2,1H3. The second-order valence-corrected chi connectivity index (χ2v) is 3.34. The van der Waals surface area contributed by atoms with E-state index < -0.39 is 5.67 Å². The lowest BCUT2D eigenvalue weighted by Gasteiger charge is -2.33. The Labute approximate surface area is 71.0 Å². The van der Waals surface area contributed by atoms with Gasteiger partial charge in [0.1, 0.15) is 5.67 Å². The molecule has 1 saturated heterocycles. The number of hydrogen-bond acceptors (Lipinski definition) is 2. The molecule has 5 heteroatoms. The van der Waals surface area contributed by atoms with Gasteiger partial charge < -0.3 is 4.90 Å². The largest absolute Gasteiger partial charge is 0.306 e. The Hall–Kier alpha value is -0.800. The van der Waals surface area contributed by atoms with E-state index in [0.29, 0.717) is 12.8 Å². The van der Waals surface area contributed by atoms with Crippen LogP contribution in [-0.2, 0) is 0 Å². The van der Waals surface area contributed by atoms with Crippen LogP contribution in [0.5, 0.6) is 0 Å². The highest BCUT2D eigenvalue weighted by Crippen LogP contribution is 2.26. The molecule has 1 aliphatic rings. The van der Waals surface area contributed by atoms with Crippen molar-refractivity contribution < 1.29 is 4.39 Å². The van der Waals surface area contributed by atoms with Crippen molar-refractivity contribution in [2.24, 2.45) is 5.11 Å². The summed E-state index contributed by atoms with van der Waals surface area (Å²) < 4.78 is 13.6. The van der Waals surface area contributed by atoms with Gasteiger partial charge in [-0.2, -0.15) is 0 Å². The summed E-state index contributed by atoms with van der Waals surface area (Å²) in [5.74, 6) is 0. The summed E-state index contributed by atoms with van der Waals surface area (Å²) in [7, 11) is 1.97. The number of azide groups is 1. The molecule has 12 heavy (non-hydrogen) atoms. The van der Waals surface area contributed by atoms with Gasteiger partial charge in [0.05, 0.1) is 6.54 Å². The van der Waals surface area contributed by atoms with Crippen molar-refractivity contribution in [1.82, 2.24) is 4.90 Å². The van der Waals surface area contributed by atoms with Gasteiger partial charge in [-0.15, -0.1) is 0 Å². The van der Waals surface area contributed by atoms with Crippen LogP contribution in [0, 0.1) is 0 Å². The van der Waals surface area contributed by atoms with Crippen LogP contribution in [0.2, 0.25) is 0 Å². The van der Waals surface area contributed by atoms with Gasteiger partial charge in [0.25, 0.3) is 0 Å². The number of piperidine rings is 1. The third-order valence-corrected chi connectivity index (χ3v) is 2.30. The van der Waals surface area contributed by atoms with Gasteiger partial charge >= 0.3 is 0 Å². The molecule has 1 fully saturated rings. The average molecular weight is 172 g/mol. The Morgan fingerprint density at radius 1 is 1.58 bits per heavy atom. The molecule has 68 valence electrons. The molecule has 0 aromatic carbocycles. The fourth-order valence-electron chi connectivity index (χ4n) is 1.34. The van der Waals surface area contributed by atoms with Gasteiger partial charge in [-0.3, -0.25) is 0 Å². The van der Waals surface area contributed by atoms with Crippen LogP contribution in [-0.4, -0.2) is 37.3 Å². The molecule has 0 atom stereocenters. The summed E-state index contributed by atoms with van der Waals surface area (Å²) in [6.07, 6.45) is 0.949. The first-order valence-corrected chi connectivity index (χ1v) is 4.05. The van der Waals surface area contributed by atoms with Crippen LogP contribution >= 0.6 is 0 Å². The molecule has 0 radical (unpaired) electrons. The first-order valence-electron chi connectivity index (χ1n) is 4.05. The average Bonchev–Trinajstić information content (AvgIpc) is 2.08. The van der Waals surface area contributed by atoms with E-state index in [4.69, 9.17) is 5.53 Å². The highest BCUT2D eigenvalue weighted by Gasteiger charge is 2.32. The van der Waals surface area contributed by atoms with Gasteiger partial charge in [0.15, 0.2) is 0 Å². The molecular formula is C7H13FN4. The fraction of sp³-hybridized carbons (Fsp3) is 1.00. The van der Waals surface area contributed by atoms with Crippen LogP contribution < -0.4 is 0 Å². The zero-order valence-electron chi connectivity index (χ0n) is 7.20. The second kappa shape index (κ2) is 3.74. The lowest BCUT2D eigenvalue weighted by molar-refractivity contribution is 0.0774. The van der Waals surface area contributed by atoms with E-state index in [-0.39, 0.29) is 6.54 Å². The Bertz CT molecular complexity index is 192. The SMILES string of the molecule is CN1CCC(F)(CN=[N+]=[N-])CC1. The van der Waals surface area contributed by atoms with Gasteiger partial charge in [0.2, 0.25) is 0 Å². The minimum atomic E-state index is -1.25. The highest BCUT2D eigenvalue weighted by molar-refractivity contribution is 4.87. The topological polar surface area (TPSA) is 52.0 Å². The molecule has 1 heterocycles. The molecule has 0 unspecified atom stereocenters. The molecule has 4 nitrogen and oxygen atoms in total. The van der Waals surface area contributed by atoms with Crippen molar-refractivity contribution in [3.8, 4) is 0 Å². The molecular weight excluding hydrogens is 159 g/mol. The number of likely N-dealkylation sites (tertiary alicyclic amines) is 1. The number of halogens is 1. The minimum Gasteiger partial charge on any atom is -0.306 e. The molecule has 0 saturated carbocycles. The summed E-state index contributed by atoms with van der Waals surface area (Å²) in [6.45, 7) is 1.48. The van der Waals surface area contributed by atoms with E-state index in [0.717, 1.165) is 13.1 Å². The third kappa shape index (κ3) is 2.36. The quantitative estimate of drug-likeness (QED) is 0.355. The summed E-state index contributed by atoms with van der Waals surface area (Å²) in [6, 6.07) is 0. The van der Waals surface area contributed by atoms with Crippen LogP contribution in [0.1, 0.15) is 12.8 Å². The molecule has 0 amide bonds. The van der Waals surface area contributed by atoms with Crippen molar-refractivity contribution in [3.63, 3.8) is 0 Å². The van der Waals surface area contributed by atoms with Crippen LogP contribution in [0.3, 0.4) is 0 Å². The summed E-state index contributed by atoms with van der Waals surface area (Å²) in [4.78, 5) is 4.64. The molecule has 1 aliphatic heterocycles. The van der Waals surface area contributed by atoms with E-state index in [1.54, 1.807) is 0 Å². The van der Waals surface area contributed by atoms with Crippen LogP contribution in [0.4, 0.5) is 4.39 Å². The van der Waals surface area contributed by atoms with E-state index in [9.17, 15) is 4.39 Å². The maximum absolute atomic E-state index is 13.6. The number of rotatable bonds is 2. The summed E-state index contributed by atoms with van der Waals surface area (Å²) >= 11 is 0. The smallest absolute Gasteiger partial charge is 0.119 e. The molecule has 0 N–H and O–H groups in total. The predicted molar refractivity (Wildman–Crippen MR) is 44.6 cm³/mol. The summed E-state index contributed by atoms with van der Waals surface area (Å²) in [5, 5.41) is 3.28. The highest BCUT2D eigenvalue weighted by atomic mass is 19.1. The third-order valence-electron chi connectivity index (χ3n) is 2.30. The molecule has 1 rings (SSSR count). The molecule has 0 bridgehead atoms. The Morgan fingerprint density at radius 2 is 2.17 bits per heavy atom. The maximum atomic E-state index is 13.6. The monoisotopic (exact) mass is 172 g/mol. The van der Waals surface area contributed by atoms with E-state index in [1.165, 1.54) is 0 Å². The maximum Gasteiger partial charge on any atom is 0.119 e. The van der Waals surface area contributed by atoms with Crippen molar-refractivity contribution in [2.45, 2.75) is 18.5 Å². The normalized spacial score (nSPS) is 23.2. The van der Waals surface area contributed by atoms with E-state index >= 15 is 0 Å². The molecule has 0 aromatic heterocycles.